The predicted octanol–water partition coefficient (Wildman–Crippen LogP) is 3.46. The number of aromatic nitrogens is 2. The summed E-state index contributed by atoms with van der Waals surface area (Å²) in [7, 11) is 1.58. The number of methoxy groups -OCH3 is 1. The molecule has 2 aliphatic heterocycles. The van der Waals surface area contributed by atoms with Gasteiger partial charge in [0.2, 0.25) is 5.88 Å². The smallest absolute Gasteiger partial charge is 0.414 e. The summed E-state index contributed by atoms with van der Waals surface area (Å²) in [4.78, 5) is 22.7. The van der Waals surface area contributed by atoms with Crippen molar-refractivity contribution in [2.45, 2.75) is 6.10 Å². The van der Waals surface area contributed by atoms with Crippen molar-refractivity contribution in [1.82, 2.24) is 9.97 Å². The summed E-state index contributed by atoms with van der Waals surface area (Å²) < 4.78 is 27.5. The minimum Gasteiger partial charge on any atom is -0.486 e. The largest absolute Gasteiger partial charge is 0.486 e. The molecular formula is C24H23N3O6. The highest BCUT2D eigenvalue weighted by atomic mass is 16.6. The van der Waals surface area contributed by atoms with E-state index in [1.54, 1.807) is 36.4 Å². The number of amides is 1. The van der Waals surface area contributed by atoms with E-state index in [4.69, 9.17) is 23.7 Å². The number of carbonyl (C=O) groups excluding carboxylic acids is 1. The molecule has 0 bridgehead atoms. The zero-order chi connectivity index (χ0) is 22.6. The average molecular weight is 449 g/mol. The van der Waals surface area contributed by atoms with Gasteiger partial charge in [0.1, 0.15) is 19.3 Å². The lowest BCUT2D eigenvalue weighted by Gasteiger charge is -2.20. The third-order valence-electron chi connectivity index (χ3n) is 5.33. The van der Waals surface area contributed by atoms with Gasteiger partial charge in [-0.1, -0.05) is 12.2 Å². The second-order valence-corrected chi connectivity index (χ2v) is 7.51. The van der Waals surface area contributed by atoms with Crippen LogP contribution in [0.4, 0.5) is 10.5 Å². The number of benzene rings is 1. The number of hydrogen-bond acceptors (Lipinski definition) is 8. The summed E-state index contributed by atoms with van der Waals surface area (Å²) in [5.41, 5.74) is 3.17. The number of pyridine rings is 2. The number of cyclic esters (lactones) is 1. The fraction of sp³-hybridized carbons (Fsp3) is 0.292. The van der Waals surface area contributed by atoms with E-state index in [1.807, 2.05) is 30.4 Å². The van der Waals surface area contributed by atoms with Gasteiger partial charge >= 0.3 is 6.09 Å². The van der Waals surface area contributed by atoms with Crippen molar-refractivity contribution >= 4 is 28.9 Å². The van der Waals surface area contributed by atoms with E-state index in [0.29, 0.717) is 56.0 Å². The normalized spacial score (nSPS) is 17.5. The van der Waals surface area contributed by atoms with Gasteiger partial charge in [-0.2, -0.15) is 0 Å². The molecule has 1 unspecified atom stereocenters. The number of rotatable bonds is 7. The molecule has 9 nitrogen and oxygen atoms in total. The Labute approximate surface area is 190 Å². The Balaban J connectivity index is 1.16. The Bertz CT molecular complexity index is 1200. The second kappa shape index (κ2) is 9.33. The van der Waals surface area contributed by atoms with Crippen LogP contribution in [0.3, 0.4) is 0 Å². The van der Waals surface area contributed by atoms with Gasteiger partial charge in [-0.05, 0) is 24.3 Å². The van der Waals surface area contributed by atoms with Crippen LogP contribution in [-0.2, 0) is 9.47 Å². The maximum atomic E-state index is 12.3. The Morgan fingerprint density at radius 3 is 2.91 bits per heavy atom. The Kier molecular flexibility index (Phi) is 5.95. The topological polar surface area (TPSA) is 92.2 Å². The first-order chi connectivity index (χ1) is 16.2. The standard InChI is InChI=1S/C24H23N3O6/c1-29-22-7-5-19-23(26-22)16(8-9-25-19)3-2-10-30-15-18-14-27(24(28)33-18)17-4-6-20-21(13-17)32-12-11-31-20/h2-9,13,18H,10-12,14-15H2,1H3/b3-2+. The van der Waals surface area contributed by atoms with E-state index in [-0.39, 0.29) is 6.10 Å². The minimum absolute atomic E-state index is 0.292. The minimum atomic E-state index is -0.404. The molecule has 1 amide bonds. The highest BCUT2D eigenvalue weighted by molar-refractivity contribution is 5.90. The summed E-state index contributed by atoms with van der Waals surface area (Å²) in [5, 5.41) is 0. The van der Waals surface area contributed by atoms with Gasteiger partial charge in [-0.25, -0.2) is 9.78 Å². The molecule has 1 fully saturated rings. The lowest BCUT2D eigenvalue weighted by atomic mass is 10.2. The molecule has 3 aromatic rings. The van der Waals surface area contributed by atoms with Crippen LogP contribution in [-0.4, -0.2) is 62.2 Å². The highest BCUT2D eigenvalue weighted by Crippen LogP contribution is 2.35. The summed E-state index contributed by atoms with van der Waals surface area (Å²) in [5.74, 6) is 1.85. The lowest BCUT2D eigenvalue weighted by molar-refractivity contribution is 0.0580. The SMILES string of the molecule is COc1ccc2nccc(/C=C/COCC3CN(c4ccc5c(c4)OCCO5)C(=O)O3)c2n1. The number of ether oxygens (including phenoxy) is 5. The molecule has 0 saturated carbocycles. The molecule has 0 N–H and O–H groups in total. The zero-order valence-corrected chi connectivity index (χ0v) is 18.1. The van der Waals surface area contributed by atoms with E-state index in [2.05, 4.69) is 9.97 Å². The number of carbonyl (C=O) groups is 1. The van der Waals surface area contributed by atoms with Gasteiger partial charge in [0.15, 0.2) is 11.5 Å². The van der Waals surface area contributed by atoms with Crippen LogP contribution in [0, 0.1) is 0 Å². The van der Waals surface area contributed by atoms with Crippen LogP contribution in [0.25, 0.3) is 17.1 Å². The van der Waals surface area contributed by atoms with Gasteiger partial charge in [0.05, 0.1) is 43.6 Å². The van der Waals surface area contributed by atoms with Gasteiger partial charge in [-0.3, -0.25) is 9.88 Å². The fourth-order valence-corrected chi connectivity index (χ4v) is 3.74. The van der Waals surface area contributed by atoms with Crippen molar-refractivity contribution in [2.24, 2.45) is 0 Å². The Hall–Kier alpha value is -3.85. The lowest BCUT2D eigenvalue weighted by Crippen LogP contribution is -2.26. The molecule has 0 aliphatic carbocycles. The maximum Gasteiger partial charge on any atom is 0.414 e. The zero-order valence-electron chi connectivity index (χ0n) is 18.1. The van der Waals surface area contributed by atoms with Crippen LogP contribution in [0.2, 0.25) is 0 Å². The summed E-state index contributed by atoms with van der Waals surface area (Å²) in [6.07, 6.45) is 4.80. The van der Waals surface area contributed by atoms with Gasteiger partial charge in [-0.15, -0.1) is 0 Å². The summed E-state index contributed by atoms with van der Waals surface area (Å²) in [6.45, 7) is 2.07. The maximum absolute atomic E-state index is 12.3. The van der Waals surface area contributed by atoms with E-state index >= 15 is 0 Å². The van der Waals surface area contributed by atoms with Crippen molar-refractivity contribution in [1.29, 1.82) is 0 Å². The van der Waals surface area contributed by atoms with Crippen LogP contribution < -0.4 is 19.1 Å². The molecule has 9 heteroatoms. The number of hydrogen-bond donors (Lipinski definition) is 0. The predicted molar refractivity (Wildman–Crippen MR) is 121 cm³/mol. The van der Waals surface area contributed by atoms with Crippen LogP contribution in [0.15, 0.2) is 48.7 Å². The van der Waals surface area contributed by atoms with Gasteiger partial charge in [0.25, 0.3) is 0 Å². The molecule has 1 aromatic carbocycles. The summed E-state index contributed by atoms with van der Waals surface area (Å²) in [6, 6.07) is 11.0. The van der Waals surface area contributed by atoms with Crippen molar-refractivity contribution in [2.75, 3.05) is 45.0 Å². The molecule has 1 saturated heterocycles. The molecule has 2 aromatic heterocycles. The first-order valence-corrected chi connectivity index (χ1v) is 10.6. The van der Waals surface area contributed by atoms with Crippen molar-refractivity contribution < 1.29 is 28.5 Å². The van der Waals surface area contributed by atoms with Crippen molar-refractivity contribution in [3.63, 3.8) is 0 Å². The van der Waals surface area contributed by atoms with E-state index < -0.39 is 6.09 Å². The van der Waals surface area contributed by atoms with E-state index in [9.17, 15) is 4.79 Å². The summed E-state index contributed by atoms with van der Waals surface area (Å²) >= 11 is 0. The molecule has 33 heavy (non-hydrogen) atoms. The fourth-order valence-electron chi connectivity index (χ4n) is 3.74. The average Bonchev–Trinajstić information content (AvgIpc) is 3.23. The second-order valence-electron chi connectivity index (χ2n) is 7.51. The first-order valence-electron chi connectivity index (χ1n) is 10.6. The molecule has 2 aliphatic rings. The van der Waals surface area contributed by atoms with Crippen molar-refractivity contribution in [3.05, 3.63) is 54.2 Å². The Morgan fingerprint density at radius 2 is 2.03 bits per heavy atom. The van der Waals surface area contributed by atoms with Crippen molar-refractivity contribution in [3.8, 4) is 17.4 Å². The molecular weight excluding hydrogens is 426 g/mol. The van der Waals surface area contributed by atoms with Gasteiger partial charge < -0.3 is 23.7 Å². The first kappa shape index (κ1) is 21.0. The number of nitrogens with zero attached hydrogens (tertiary/aromatic N) is 3. The highest BCUT2D eigenvalue weighted by Gasteiger charge is 2.33. The molecule has 0 radical (unpaired) electrons. The third-order valence-corrected chi connectivity index (χ3v) is 5.33. The number of fused-ring (bicyclic) bond motifs is 2. The van der Waals surface area contributed by atoms with E-state index in [0.717, 1.165) is 16.6 Å². The van der Waals surface area contributed by atoms with Gasteiger partial charge in [0, 0.05) is 23.9 Å². The monoisotopic (exact) mass is 449 g/mol. The quantitative estimate of drug-likeness (QED) is 0.507. The molecule has 1 atom stereocenters. The third kappa shape index (κ3) is 4.54. The molecule has 0 spiro atoms. The Morgan fingerprint density at radius 1 is 1.15 bits per heavy atom. The van der Waals surface area contributed by atoms with Crippen LogP contribution >= 0.6 is 0 Å². The molecule has 5 rings (SSSR count). The van der Waals surface area contributed by atoms with Crippen LogP contribution in [0.1, 0.15) is 5.56 Å². The van der Waals surface area contributed by atoms with Crippen LogP contribution in [0.5, 0.6) is 17.4 Å². The van der Waals surface area contributed by atoms with E-state index in [1.165, 1.54) is 0 Å². The number of anilines is 1. The molecule has 170 valence electrons. The molecule has 4 heterocycles.